The first-order chi connectivity index (χ1) is 9.45. The molecule has 6 heteroatoms. The van der Waals surface area contributed by atoms with Crippen LogP contribution in [0.25, 0.3) is 0 Å². The molecule has 1 saturated heterocycles. The van der Waals surface area contributed by atoms with Crippen LogP contribution in [-0.2, 0) is 14.6 Å². The highest BCUT2D eigenvalue weighted by Crippen LogP contribution is 2.24. The van der Waals surface area contributed by atoms with Crippen molar-refractivity contribution in [2.24, 2.45) is 5.41 Å². The lowest BCUT2D eigenvalue weighted by Crippen LogP contribution is -2.47. The fraction of sp³-hybridized carbons (Fsp3) is 0.500. The molecule has 1 aromatic carbocycles. The van der Waals surface area contributed by atoms with Crippen LogP contribution >= 0.6 is 0 Å². The van der Waals surface area contributed by atoms with Gasteiger partial charge in [-0.05, 0) is 18.2 Å². The first-order valence-electron chi connectivity index (χ1n) is 6.47. The van der Waals surface area contributed by atoms with Gasteiger partial charge in [-0.15, -0.1) is 0 Å². The number of nitrogens with one attached hydrogen (secondary N) is 1. The fourth-order valence-electron chi connectivity index (χ4n) is 2.03. The Bertz CT molecular complexity index is 616. The molecular weight excluding hydrogens is 276 g/mol. The summed E-state index contributed by atoms with van der Waals surface area (Å²) in [4.78, 5) is 0.205. The first-order valence-corrected chi connectivity index (χ1v) is 8.12. The standard InChI is InChI=1S/C14H18N2O3S/c1-14(10-19-11-14)9-16-5-6-20(17,18)13-4-2-3-12(7-13)8-15/h2-4,7,16H,5-6,9-11H2,1H3. The van der Waals surface area contributed by atoms with Crippen LogP contribution in [0.2, 0.25) is 0 Å². The molecule has 0 aliphatic carbocycles. The maximum Gasteiger partial charge on any atom is 0.179 e. The van der Waals surface area contributed by atoms with Gasteiger partial charge in [-0.3, -0.25) is 0 Å². The number of rotatable bonds is 6. The highest BCUT2D eigenvalue weighted by Gasteiger charge is 2.32. The molecule has 1 aliphatic rings. The van der Waals surface area contributed by atoms with Crippen LogP contribution in [0.4, 0.5) is 0 Å². The van der Waals surface area contributed by atoms with Gasteiger partial charge in [0, 0.05) is 18.5 Å². The van der Waals surface area contributed by atoms with Gasteiger partial charge in [0.25, 0.3) is 0 Å². The highest BCUT2D eigenvalue weighted by molar-refractivity contribution is 7.91. The van der Waals surface area contributed by atoms with Gasteiger partial charge in [-0.2, -0.15) is 5.26 Å². The van der Waals surface area contributed by atoms with Crippen molar-refractivity contribution in [3.05, 3.63) is 29.8 Å². The largest absolute Gasteiger partial charge is 0.380 e. The number of benzene rings is 1. The summed E-state index contributed by atoms with van der Waals surface area (Å²) in [6.07, 6.45) is 0. The molecule has 5 nitrogen and oxygen atoms in total. The third kappa shape index (κ3) is 3.57. The summed E-state index contributed by atoms with van der Waals surface area (Å²) in [6.45, 7) is 4.69. The molecule has 0 radical (unpaired) electrons. The van der Waals surface area contributed by atoms with E-state index in [4.69, 9.17) is 10.00 Å². The van der Waals surface area contributed by atoms with Crippen molar-refractivity contribution in [1.29, 1.82) is 5.26 Å². The van der Waals surface area contributed by atoms with Crippen molar-refractivity contribution in [1.82, 2.24) is 5.32 Å². The summed E-state index contributed by atoms with van der Waals surface area (Å²) < 4.78 is 29.4. The van der Waals surface area contributed by atoms with Crippen LogP contribution in [0.5, 0.6) is 0 Å². The molecule has 0 atom stereocenters. The topological polar surface area (TPSA) is 79.2 Å². The normalized spacial score (nSPS) is 17.2. The minimum atomic E-state index is -3.34. The minimum absolute atomic E-state index is 0.0266. The zero-order valence-corrected chi connectivity index (χ0v) is 12.2. The molecule has 2 rings (SSSR count). The van der Waals surface area contributed by atoms with Gasteiger partial charge in [0.1, 0.15) is 0 Å². The molecule has 1 N–H and O–H groups in total. The smallest absolute Gasteiger partial charge is 0.179 e. The molecule has 1 heterocycles. The van der Waals surface area contributed by atoms with Crippen molar-refractivity contribution in [3.8, 4) is 6.07 Å². The van der Waals surface area contributed by atoms with Gasteiger partial charge in [0.05, 0.1) is 35.5 Å². The summed E-state index contributed by atoms with van der Waals surface area (Å²) in [5, 5.41) is 12.0. The Morgan fingerprint density at radius 1 is 1.45 bits per heavy atom. The monoisotopic (exact) mass is 294 g/mol. The van der Waals surface area contributed by atoms with Crippen LogP contribution in [0.3, 0.4) is 0 Å². The minimum Gasteiger partial charge on any atom is -0.380 e. The molecule has 1 aromatic rings. The number of hydrogen-bond donors (Lipinski definition) is 1. The molecular formula is C14H18N2O3S. The van der Waals surface area contributed by atoms with Gasteiger partial charge in [-0.1, -0.05) is 13.0 Å². The van der Waals surface area contributed by atoms with Crippen LogP contribution < -0.4 is 5.32 Å². The lowest BCUT2D eigenvalue weighted by molar-refractivity contribution is -0.0987. The van der Waals surface area contributed by atoms with Crippen molar-refractivity contribution in [3.63, 3.8) is 0 Å². The number of ether oxygens (including phenoxy) is 1. The molecule has 108 valence electrons. The average molecular weight is 294 g/mol. The SMILES string of the molecule is CC1(CNCCS(=O)(=O)c2cccc(C#N)c2)COC1. The van der Waals surface area contributed by atoms with E-state index in [1.165, 1.54) is 12.1 Å². The summed E-state index contributed by atoms with van der Waals surface area (Å²) in [7, 11) is -3.34. The zero-order valence-electron chi connectivity index (χ0n) is 11.4. The van der Waals surface area contributed by atoms with Gasteiger partial charge in [0.15, 0.2) is 9.84 Å². The van der Waals surface area contributed by atoms with E-state index >= 15 is 0 Å². The van der Waals surface area contributed by atoms with Gasteiger partial charge < -0.3 is 10.1 Å². The zero-order chi connectivity index (χ0) is 14.6. The number of hydrogen-bond acceptors (Lipinski definition) is 5. The van der Waals surface area contributed by atoms with E-state index in [0.29, 0.717) is 12.1 Å². The van der Waals surface area contributed by atoms with Crippen molar-refractivity contribution >= 4 is 9.84 Å². The van der Waals surface area contributed by atoms with E-state index < -0.39 is 9.84 Å². The van der Waals surface area contributed by atoms with E-state index in [-0.39, 0.29) is 16.1 Å². The van der Waals surface area contributed by atoms with Crippen LogP contribution in [0.15, 0.2) is 29.2 Å². The Morgan fingerprint density at radius 3 is 2.80 bits per heavy atom. The van der Waals surface area contributed by atoms with Gasteiger partial charge in [-0.25, -0.2) is 8.42 Å². The second kappa shape index (κ2) is 5.92. The highest BCUT2D eigenvalue weighted by atomic mass is 32.2. The Morgan fingerprint density at radius 2 is 2.20 bits per heavy atom. The predicted octanol–water partition coefficient (Wildman–Crippen LogP) is 0.958. The lowest BCUT2D eigenvalue weighted by atomic mass is 9.89. The van der Waals surface area contributed by atoms with E-state index in [1.54, 1.807) is 12.1 Å². The fourth-order valence-corrected chi connectivity index (χ4v) is 3.27. The van der Waals surface area contributed by atoms with Crippen LogP contribution in [0, 0.1) is 16.7 Å². The molecule has 0 aromatic heterocycles. The van der Waals surface area contributed by atoms with Crippen LogP contribution in [-0.4, -0.2) is 40.5 Å². The maximum absolute atomic E-state index is 12.1. The maximum atomic E-state index is 12.1. The number of sulfone groups is 1. The van der Waals surface area contributed by atoms with E-state index in [9.17, 15) is 8.42 Å². The summed E-state index contributed by atoms with van der Waals surface area (Å²) in [5.41, 5.74) is 0.489. The van der Waals surface area contributed by atoms with Crippen molar-refractivity contribution in [2.75, 3.05) is 32.1 Å². The second-order valence-corrected chi connectivity index (χ2v) is 7.55. The second-order valence-electron chi connectivity index (χ2n) is 5.44. The molecule has 0 unspecified atom stereocenters. The summed E-state index contributed by atoms with van der Waals surface area (Å²) in [5.74, 6) is 0.0266. The van der Waals surface area contributed by atoms with Crippen LogP contribution in [0.1, 0.15) is 12.5 Å². The lowest BCUT2D eigenvalue weighted by Gasteiger charge is -2.38. The van der Waals surface area contributed by atoms with E-state index in [2.05, 4.69) is 12.2 Å². The van der Waals surface area contributed by atoms with Gasteiger partial charge in [0.2, 0.25) is 0 Å². The quantitative estimate of drug-likeness (QED) is 0.791. The van der Waals surface area contributed by atoms with Gasteiger partial charge >= 0.3 is 0 Å². The Kier molecular flexibility index (Phi) is 4.43. The van der Waals surface area contributed by atoms with E-state index in [0.717, 1.165) is 19.8 Å². The number of nitriles is 1. The predicted molar refractivity (Wildman–Crippen MR) is 75.0 cm³/mol. The summed E-state index contributed by atoms with van der Waals surface area (Å²) in [6, 6.07) is 8.07. The summed E-state index contributed by atoms with van der Waals surface area (Å²) >= 11 is 0. The van der Waals surface area contributed by atoms with Crippen molar-refractivity contribution < 1.29 is 13.2 Å². The van der Waals surface area contributed by atoms with E-state index in [1.807, 2.05) is 6.07 Å². The Balaban J connectivity index is 1.89. The molecule has 1 aliphatic heterocycles. The molecule has 20 heavy (non-hydrogen) atoms. The Labute approximate surface area is 119 Å². The molecule has 0 spiro atoms. The molecule has 0 saturated carbocycles. The third-order valence-corrected chi connectivity index (χ3v) is 5.04. The first kappa shape index (κ1) is 15.0. The Hall–Kier alpha value is -1.42. The molecule has 0 bridgehead atoms. The number of nitrogens with zero attached hydrogens (tertiary/aromatic N) is 1. The third-order valence-electron chi connectivity index (χ3n) is 3.32. The molecule has 1 fully saturated rings. The van der Waals surface area contributed by atoms with Crippen molar-refractivity contribution in [2.45, 2.75) is 11.8 Å². The average Bonchev–Trinajstić information content (AvgIpc) is 2.42. The molecule has 0 amide bonds.